The van der Waals surface area contributed by atoms with E-state index in [9.17, 15) is 5.26 Å². The summed E-state index contributed by atoms with van der Waals surface area (Å²) in [7, 11) is 0. The zero-order valence-electron chi connectivity index (χ0n) is 13.6. The molecule has 1 aromatic rings. The molecule has 0 aliphatic carbocycles. The first kappa shape index (κ1) is 17.5. The molecule has 4 heteroatoms. The summed E-state index contributed by atoms with van der Waals surface area (Å²) < 4.78 is 0. The number of hydrogen-bond donors (Lipinski definition) is 1. The average molecular weight is 288 g/mol. The van der Waals surface area contributed by atoms with Crippen molar-refractivity contribution in [2.45, 2.75) is 33.7 Å². The van der Waals surface area contributed by atoms with Crippen LogP contribution >= 0.6 is 0 Å². The molecule has 4 nitrogen and oxygen atoms in total. The van der Waals surface area contributed by atoms with Crippen LogP contribution in [0.5, 0.6) is 0 Å². The highest BCUT2D eigenvalue weighted by Crippen LogP contribution is 2.21. The second-order valence-corrected chi connectivity index (χ2v) is 5.13. The Labute approximate surface area is 129 Å². The molecule has 1 rings (SSSR count). The Morgan fingerprint density at radius 1 is 1.10 bits per heavy atom. The zero-order valence-corrected chi connectivity index (χ0v) is 13.6. The first-order chi connectivity index (χ1) is 10.2. The maximum Gasteiger partial charge on any atom is 0.101 e. The highest BCUT2D eigenvalue weighted by Gasteiger charge is 2.10. The van der Waals surface area contributed by atoms with Gasteiger partial charge in [-0.2, -0.15) is 5.26 Å². The highest BCUT2D eigenvalue weighted by atomic mass is 15.1. The summed E-state index contributed by atoms with van der Waals surface area (Å²) in [6.07, 6.45) is 1.11. The lowest BCUT2D eigenvalue weighted by molar-refractivity contribution is 0.301. The number of nitrogens with two attached hydrogens (primary N) is 1. The van der Waals surface area contributed by atoms with E-state index in [0.717, 1.165) is 56.0 Å². The predicted octanol–water partition coefficient (Wildman–Crippen LogP) is 2.58. The average Bonchev–Trinajstić information content (AvgIpc) is 2.55. The van der Waals surface area contributed by atoms with E-state index in [1.807, 2.05) is 18.2 Å². The Morgan fingerprint density at radius 3 is 2.33 bits per heavy atom. The fraction of sp³-hybridized carbons (Fsp3) is 0.588. The molecule has 0 aliphatic rings. The normalized spacial score (nSPS) is 10.7. The number of benzene rings is 1. The van der Waals surface area contributed by atoms with Gasteiger partial charge >= 0.3 is 0 Å². The number of nitriles is 1. The lowest BCUT2D eigenvalue weighted by atomic mass is 10.1. The maximum absolute atomic E-state index is 9.35. The van der Waals surface area contributed by atoms with Gasteiger partial charge in [0.15, 0.2) is 0 Å². The van der Waals surface area contributed by atoms with Crippen molar-refractivity contribution in [2.75, 3.05) is 37.6 Å². The van der Waals surface area contributed by atoms with Crippen LogP contribution in [-0.4, -0.2) is 37.6 Å². The van der Waals surface area contributed by atoms with Gasteiger partial charge in [-0.05, 0) is 50.7 Å². The van der Waals surface area contributed by atoms with Gasteiger partial charge < -0.3 is 15.5 Å². The van der Waals surface area contributed by atoms with Crippen LogP contribution in [0.4, 0.5) is 5.69 Å². The Hall–Kier alpha value is -1.57. The van der Waals surface area contributed by atoms with E-state index in [2.05, 4.69) is 36.6 Å². The van der Waals surface area contributed by atoms with Crippen LogP contribution < -0.4 is 10.6 Å². The third-order valence-corrected chi connectivity index (χ3v) is 3.94. The van der Waals surface area contributed by atoms with Gasteiger partial charge in [0.1, 0.15) is 6.07 Å². The van der Waals surface area contributed by atoms with Crippen molar-refractivity contribution >= 4 is 5.69 Å². The van der Waals surface area contributed by atoms with Gasteiger partial charge in [-0.25, -0.2) is 0 Å². The number of rotatable bonds is 9. The van der Waals surface area contributed by atoms with Gasteiger partial charge in [-0.3, -0.25) is 0 Å². The molecule has 0 aromatic heterocycles. The van der Waals surface area contributed by atoms with E-state index < -0.39 is 0 Å². The van der Waals surface area contributed by atoms with E-state index in [0.29, 0.717) is 6.54 Å². The van der Waals surface area contributed by atoms with Crippen molar-refractivity contribution in [3.8, 4) is 6.07 Å². The number of anilines is 1. The molecule has 0 fully saturated rings. The van der Waals surface area contributed by atoms with Crippen LogP contribution in [0.25, 0.3) is 0 Å². The van der Waals surface area contributed by atoms with Crippen molar-refractivity contribution in [3.05, 3.63) is 29.3 Å². The van der Waals surface area contributed by atoms with Gasteiger partial charge in [-0.1, -0.05) is 19.9 Å². The fourth-order valence-corrected chi connectivity index (χ4v) is 2.55. The third-order valence-electron chi connectivity index (χ3n) is 3.94. The molecule has 21 heavy (non-hydrogen) atoms. The zero-order chi connectivity index (χ0) is 15.7. The van der Waals surface area contributed by atoms with E-state index >= 15 is 0 Å². The van der Waals surface area contributed by atoms with Crippen LogP contribution in [0.15, 0.2) is 18.2 Å². The monoisotopic (exact) mass is 288 g/mol. The topological polar surface area (TPSA) is 56.3 Å². The smallest absolute Gasteiger partial charge is 0.101 e. The molecule has 0 radical (unpaired) electrons. The van der Waals surface area contributed by atoms with Gasteiger partial charge in [0.05, 0.1) is 11.3 Å². The van der Waals surface area contributed by atoms with E-state index in [1.165, 1.54) is 0 Å². The maximum atomic E-state index is 9.35. The van der Waals surface area contributed by atoms with Crippen molar-refractivity contribution in [1.29, 1.82) is 5.26 Å². The lowest BCUT2D eigenvalue weighted by Gasteiger charge is -2.26. The first-order valence-electron chi connectivity index (χ1n) is 7.90. The quantitative estimate of drug-likeness (QED) is 0.759. The Morgan fingerprint density at radius 2 is 1.81 bits per heavy atom. The number of nitrogens with zero attached hydrogens (tertiary/aromatic N) is 3. The van der Waals surface area contributed by atoms with Crippen LogP contribution in [0.3, 0.4) is 0 Å². The SMILES string of the molecule is CCN(CC)CCCN(CC)c1ccc(CN)cc1C#N. The van der Waals surface area contributed by atoms with E-state index in [4.69, 9.17) is 5.73 Å². The summed E-state index contributed by atoms with van der Waals surface area (Å²) in [5, 5.41) is 9.35. The summed E-state index contributed by atoms with van der Waals surface area (Å²) in [6, 6.07) is 8.25. The molecule has 116 valence electrons. The second-order valence-electron chi connectivity index (χ2n) is 5.13. The van der Waals surface area contributed by atoms with Crippen molar-refractivity contribution in [1.82, 2.24) is 4.90 Å². The molecule has 0 heterocycles. The molecule has 0 atom stereocenters. The molecule has 0 aliphatic heterocycles. The summed E-state index contributed by atoms with van der Waals surface area (Å²) >= 11 is 0. The molecule has 1 aromatic carbocycles. The minimum atomic E-state index is 0.475. The molecular formula is C17H28N4. The Balaban J connectivity index is 2.74. The summed E-state index contributed by atoms with van der Waals surface area (Å²) in [5.74, 6) is 0. The van der Waals surface area contributed by atoms with Gasteiger partial charge in [-0.15, -0.1) is 0 Å². The molecular weight excluding hydrogens is 260 g/mol. The minimum Gasteiger partial charge on any atom is -0.371 e. The first-order valence-corrected chi connectivity index (χ1v) is 7.90. The summed E-state index contributed by atoms with van der Waals surface area (Å²) in [4.78, 5) is 4.71. The second kappa shape index (κ2) is 9.38. The van der Waals surface area contributed by atoms with Gasteiger partial charge in [0.2, 0.25) is 0 Å². The van der Waals surface area contributed by atoms with E-state index in [-0.39, 0.29) is 0 Å². The predicted molar refractivity (Wildman–Crippen MR) is 89.3 cm³/mol. The summed E-state index contributed by atoms with van der Waals surface area (Å²) in [5.41, 5.74) is 8.41. The third kappa shape index (κ3) is 5.04. The molecule has 2 N–H and O–H groups in total. The highest BCUT2D eigenvalue weighted by molar-refractivity contribution is 5.60. The van der Waals surface area contributed by atoms with E-state index in [1.54, 1.807) is 0 Å². The number of hydrogen-bond acceptors (Lipinski definition) is 4. The molecule has 0 saturated heterocycles. The van der Waals surface area contributed by atoms with Crippen molar-refractivity contribution in [3.63, 3.8) is 0 Å². The van der Waals surface area contributed by atoms with Crippen molar-refractivity contribution < 1.29 is 0 Å². The molecule has 0 amide bonds. The molecule has 0 saturated carbocycles. The summed E-state index contributed by atoms with van der Waals surface area (Å²) in [6.45, 7) is 12.2. The van der Waals surface area contributed by atoms with Gasteiger partial charge in [0, 0.05) is 19.6 Å². The lowest BCUT2D eigenvalue weighted by Crippen LogP contribution is -2.30. The van der Waals surface area contributed by atoms with Crippen LogP contribution in [0.1, 0.15) is 38.3 Å². The molecule has 0 spiro atoms. The van der Waals surface area contributed by atoms with Crippen LogP contribution in [-0.2, 0) is 6.54 Å². The van der Waals surface area contributed by atoms with Crippen LogP contribution in [0, 0.1) is 11.3 Å². The van der Waals surface area contributed by atoms with Gasteiger partial charge in [0.25, 0.3) is 0 Å². The fourth-order valence-electron chi connectivity index (χ4n) is 2.55. The Kier molecular flexibility index (Phi) is 7.81. The minimum absolute atomic E-state index is 0.475. The standard InChI is InChI=1S/C17H28N4/c1-4-20(5-2)10-7-11-21(6-3)17-9-8-15(13-18)12-16(17)14-19/h8-9,12H,4-7,10-11,13,18H2,1-3H3. The van der Waals surface area contributed by atoms with Crippen LogP contribution in [0.2, 0.25) is 0 Å². The largest absolute Gasteiger partial charge is 0.371 e. The molecule has 0 unspecified atom stereocenters. The molecule has 0 bridgehead atoms. The Bertz CT molecular complexity index is 460. The van der Waals surface area contributed by atoms with Crippen molar-refractivity contribution in [2.24, 2.45) is 5.73 Å².